The van der Waals surface area contributed by atoms with Gasteiger partial charge in [0.2, 0.25) is 0 Å². The Hall–Kier alpha value is -3.00. The van der Waals surface area contributed by atoms with Crippen LogP contribution in [-0.2, 0) is 0 Å². The van der Waals surface area contributed by atoms with Gasteiger partial charge in [0, 0.05) is 0 Å². The molecule has 0 amide bonds. The molecule has 0 radical (unpaired) electrons. The van der Waals surface area contributed by atoms with E-state index in [1.54, 1.807) is 0 Å². The summed E-state index contributed by atoms with van der Waals surface area (Å²) in [5.74, 6) is 0.692. The van der Waals surface area contributed by atoms with E-state index in [9.17, 15) is 10.2 Å². The van der Waals surface area contributed by atoms with Gasteiger partial charge in [-0.25, -0.2) is 0 Å². The maximum atomic E-state index is 10.1. The van der Waals surface area contributed by atoms with Crippen LogP contribution in [0.15, 0.2) is 54.6 Å². The molecule has 0 spiro atoms. The number of aromatic hydroxyl groups is 2. The second kappa shape index (κ2) is 7.09. The van der Waals surface area contributed by atoms with Crippen molar-refractivity contribution in [2.45, 2.75) is 27.7 Å². The lowest BCUT2D eigenvalue weighted by Crippen LogP contribution is -1.92. The Morgan fingerprint density at radius 1 is 0.654 bits per heavy atom. The fourth-order valence-electron chi connectivity index (χ4n) is 3.30. The van der Waals surface area contributed by atoms with Crippen molar-refractivity contribution in [1.29, 1.82) is 0 Å². The van der Waals surface area contributed by atoms with Crippen molar-refractivity contribution in [2.24, 2.45) is 0 Å². The Bertz CT molecular complexity index is 936. The largest absolute Gasteiger partial charge is 0.507 e. The molecule has 0 aromatic heterocycles. The molecule has 3 aromatic rings. The Morgan fingerprint density at radius 2 is 1.12 bits per heavy atom. The SMILES string of the molecule is Cc1cc(/C=C(/c2ccccc2)c2cc(C)c(O)c(C)c2)cc(C)c1O. The molecule has 0 aliphatic heterocycles. The van der Waals surface area contributed by atoms with Crippen molar-refractivity contribution in [3.63, 3.8) is 0 Å². The number of phenolic OH excluding ortho intramolecular Hbond substituents is 2. The van der Waals surface area contributed by atoms with Crippen LogP contribution in [0.1, 0.15) is 38.9 Å². The number of rotatable bonds is 3. The molecule has 0 heterocycles. The molecule has 0 unspecified atom stereocenters. The van der Waals surface area contributed by atoms with Gasteiger partial charge in [-0.15, -0.1) is 0 Å². The zero-order valence-electron chi connectivity index (χ0n) is 15.7. The van der Waals surface area contributed by atoms with Crippen LogP contribution in [0, 0.1) is 27.7 Å². The third kappa shape index (κ3) is 3.50. The molecule has 0 atom stereocenters. The molecule has 3 aromatic carbocycles. The van der Waals surface area contributed by atoms with Crippen LogP contribution in [0.2, 0.25) is 0 Å². The summed E-state index contributed by atoms with van der Waals surface area (Å²) in [6.45, 7) is 7.67. The lowest BCUT2D eigenvalue weighted by molar-refractivity contribution is 0.466. The van der Waals surface area contributed by atoms with Crippen LogP contribution in [-0.4, -0.2) is 10.2 Å². The van der Waals surface area contributed by atoms with E-state index in [1.165, 1.54) is 0 Å². The fourth-order valence-corrected chi connectivity index (χ4v) is 3.30. The predicted molar refractivity (Wildman–Crippen MR) is 109 cm³/mol. The molecule has 0 saturated heterocycles. The lowest BCUT2D eigenvalue weighted by Gasteiger charge is -2.13. The number of phenols is 2. The third-order valence-corrected chi connectivity index (χ3v) is 4.71. The highest BCUT2D eigenvalue weighted by atomic mass is 16.3. The Labute approximate surface area is 155 Å². The normalized spacial score (nSPS) is 11.6. The second-order valence-electron chi connectivity index (χ2n) is 6.89. The van der Waals surface area contributed by atoms with Gasteiger partial charge >= 0.3 is 0 Å². The van der Waals surface area contributed by atoms with E-state index in [-0.39, 0.29) is 0 Å². The smallest absolute Gasteiger partial charge is 0.121 e. The van der Waals surface area contributed by atoms with E-state index in [1.807, 2.05) is 70.2 Å². The first-order chi connectivity index (χ1) is 12.4. The Kier molecular flexibility index (Phi) is 4.85. The van der Waals surface area contributed by atoms with Gasteiger partial charge in [-0.3, -0.25) is 0 Å². The summed E-state index contributed by atoms with van der Waals surface area (Å²) in [4.78, 5) is 0. The molecule has 0 fully saturated rings. The highest BCUT2D eigenvalue weighted by Gasteiger charge is 2.11. The van der Waals surface area contributed by atoms with E-state index in [4.69, 9.17) is 0 Å². The summed E-state index contributed by atoms with van der Waals surface area (Å²) in [5.41, 5.74) is 7.75. The van der Waals surface area contributed by atoms with E-state index >= 15 is 0 Å². The average molecular weight is 344 g/mol. The molecule has 0 saturated carbocycles. The zero-order chi connectivity index (χ0) is 18.8. The summed E-state index contributed by atoms with van der Waals surface area (Å²) in [7, 11) is 0. The minimum atomic E-state index is 0.345. The summed E-state index contributed by atoms with van der Waals surface area (Å²) in [6, 6.07) is 18.2. The average Bonchev–Trinajstić information content (AvgIpc) is 2.62. The monoisotopic (exact) mass is 344 g/mol. The predicted octanol–water partition coefficient (Wildman–Crippen LogP) is 5.92. The molecule has 26 heavy (non-hydrogen) atoms. The van der Waals surface area contributed by atoms with Crippen molar-refractivity contribution >= 4 is 11.6 Å². The standard InChI is InChI=1S/C24H24O2/c1-15-10-19(11-16(2)23(15)25)14-22(20-8-6-5-7-9-20)21-12-17(3)24(26)18(4)13-21/h5-14,25-26H,1-4H3/b22-14-. The molecule has 0 aliphatic carbocycles. The maximum absolute atomic E-state index is 10.1. The van der Waals surface area contributed by atoms with Gasteiger partial charge in [-0.2, -0.15) is 0 Å². The first-order valence-corrected chi connectivity index (χ1v) is 8.74. The van der Waals surface area contributed by atoms with E-state index < -0.39 is 0 Å². The number of hydrogen-bond acceptors (Lipinski definition) is 2. The van der Waals surface area contributed by atoms with Gasteiger partial charge in [0.15, 0.2) is 0 Å². The van der Waals surface area contributed by atoms with Gasteiger partial charge in [-0.1, -0.05) is 30.3 Å². The van der Waals surface area contributed by atoms with Crippen molar-refractivity contribution in [3.8, 4) is 11.5 Å². The Balaban J connectivity index is 2.23. The first kappa shape index (κ1) is 17.8. The molecule has 3 rings (SSSR count). The molecule has 2 N–H and O–H groups in total. The van der Waals surface area contributed by atoms with Gasteiger partial charge in [-0.05, 0) is 103 Å². The van der Waals surface area contributed by atoms with Crippen molar-refractivity contribution in [2.75, 3.05) is 0 Å². The zero-order valence-corrected chi connectivity index (χ0v) is 15.7. The number of aryl methyl sites for hydroxylation is 4. The summed E-state index contributed by atoms with van der Waals surface area (Å²) >= 11 is 0. The number of benzene rings is 3. The van der Waals surface area contributed by atoms with E-state index in [0.29, 0.717) is 11.5 Å². The highest BCUT2D eigenvalue weighted by molar-refractivity contribution is 5.92. The number of hydrogen-bond donors (Lipinski definition) is 2. The molecular formula is C24H24O2. The first-order valence-electron chi connectivity index (χ1n) is 8.74. The van der Waals surface area contributed by atoms with Crippen LogP contribution in [0.25, 0.3) is 11.6 Å². The Morgan fingerprint density at radius 3 is 1.62 bits per heavy atom. The van der Waals surface area contributed by atoms with E-state index in [2.05, 4.69) is 18.2 Å². The van der Waals surface area contributed by atoms with Gasteiger partial charge < -0.3 is 10.2 Å². The van der Waals surface area contributed by atoms with Crippen LogP contribution in [0.4, 0.5) is 0 Å². The van der Waals surface area contributed by atoms with Crippen LogP contribution >= 0.6 is 0 Å². The minimum Gasteiger partial charge on any atom is -0.507 e. The lowest BCUT2D eigenvalue weighted by atomic mass is 9.92. The van der Waals surface area contributed by atoms with E-state index in [0.717, 1.165) is 44.5 Å². The van der Waals surface area contributed by atoms with Gasteiger partial charge in [0.25, 0.3) is 0 Å². The molecule has 0 aliphatic rings. The van der Waals surface area contributed by atoms with Crippen LogP contribution in [0.5, 0.6) is 11.5 Å². The molecule has 132 valence electrons. The highest BCUT2D eigenvalue weighted by Crippen LogP contribution is 2.33. The molecular weight excluding hydrogens is 320 g/mol. The van der Waals surface area contributed by atoms with Crippen molar-refractivity contribution in [1.82, 2.24) is 0 Å². The van der Waals surface area contributed by atoms with Crippen molar-refractivity contribution < 1.29 is 10.2 Å². The van der Waals surface area contributed by atoms with Crippen LogP contribution in [0.3, 0.4) is 0 Å². The topological polar surface area (TPSA) is 40.5 Å². The molecule has 2 heteroatoms. The third-order valence-electron chi connectivity index (χ3n) is 4.71. The summed E-state index contributed by atoms with van der Waals surface area (Å²) in [5, 5.41) is 20.2. The van der Waals surface area contributed by atoms with Gasteiger partial charge in [0.1, 0.15) is 11.5 Å². The molecule has 0 bridgehead atoms. The maximum Gasteiger partial charge on any atom is 0.121 e. The quantitative estimate of drug-likeness (QED) is 0.579. The summed E-state index contributed by atoms with van der Waals surface area (Å²) < 4.78 is 0. The molecule has 2 nitrogen and oxygen atoms in total. The minimum absolute atomic E-state index is 0.345. The van der Waals surface area contributed by atoms with Gasteiger partial charge in [0.05, 0.1) is 0 Å². The van der Waals surface area contributed by atoms with Crippen molar-refractivity contribution in [3.05, 3.63) is 93.5 Å². The van der Waals surface area contributed by atoms with Crippen LogP contribution < -0.4 is 0 Å². The summed E-state index contributed by atoms with van der Waals surface area (Å²) in [6.07, 6.45) is 2.14. The second-order valence-corrected chi connectivity index (χ2v) is 6.89. The fraction of sp³-hybridized carbons (Fsp3) is 0.167.